The summed E-state index contributed by atoms with van der Waals surface area (Å²) in [4.78, 5) is 0. The minimum atomic E-state index is 0.797. The predicted molar refractivity (Wildman–Crippen MR) is 121 cm³/mol. The van der Waals surface area contributed by atoms with Crippen molar-refractivity contribution in [1.82, 2.24) is 0 Å². The second-order valence-corrected chi connectivity index (χ2v) is 10.0. The molecule has 0 atom stereocenters. The lowest BCUT2D eigenvalue weighted by molar-refractivity contribution is 0.165. The molecule has 4 rings (SSSR count). The Bertz CT molecular complexity index is 699. The van der Waals surface area contributed by atoms with E-state index in [0.717, 1.165) is 23.7 Å². The normalized spacial score (nSPS) is 28.9. The Balaban J connectivity index is 1.34. The Labute approximate surface area is 169 Å². The van der Waals surface area contributed by atoms with Crippen LogP contribution >= 0.6 is 0 Å². The fourth-order valence-electron chi connectivity index (χ4n) is 5.56. The van der Waals surface area contributed by atoms with Crippen molar-refractivity contribution >= 4 is 10.2 Å². The molecule has 0 bridgehead atoms. The lowest BCUT2D eigenvalue weighted by Crippen LogP contribution is -2.24. The highest BCUT2D eigenvalue weighted by Crippen LogP contribution is 2.44. The van der Waals surface area contributed by atoms with Crippen LogP contribution in [-0.2, 0) is 6.04 Å². The number of rotatable bonds is 4. The van der Waals surface area contributed by atoms with E-state index in [1.807, 2.05) is 0 Å². The standard InChI is InChI=1S/C26H36Si/c1-19-2-6-21(7-3-19)23-10-14-25(15-11-23)26-16-12-24(13-17-26)22-8-4-20(18-27)5-9-22/h4-5,8-9,12-13,16-17,19,21,23,25H,2-3,6-7,10-11,14-15,18H2,1,27H3. The molecule has 0 saturated heterocycles. The fourth-order valence-corrected chi connectivity index (χ4v) is 6.03. The Morgan fingerprint density at radius 1 is 0.667 bits per heavy atom. The largest absolute Gasteiger partial charge is 0.0625 e. The van der Waals surface area contributed by atoms with Crippen LogP contribution in [0.3, 0.4) is 0 Å². The highest BCUT2D eigenvalue weighted by molar-refractivity contribution is 6.08. The summed E-state index contributed by atoms with van der Waals surface area (Å²) in [7, 11) is 1.25. The molecule has 2 fully saturated rings. The fraction of sp³-hybridized carbons (Fsp3) is 0.538. The van der Waals surface area contributed by atoms with Crippen LogP contribution in [0.15, 0.2) is 48.5 Å². The summed E-state index contributed by atoms with van der Waals surface area (Å²) in [6.07, 6.45) is 11.7. The Hall–Kier alpha value is -1.34. The van der Waals surface area contributed by atoms with Crippen molar-refractivity contribution in [2.75, 3.05) is 0 Å². The van der Waals surface area contributed by atoms with E-state index in [1.54, 1.807) is 5.56 Å². The van der Waals surface area contributed by atoms with Crippen molar-refractivity contribution in [3.63, 3.8) is 0 Å². The maximum absolute atomic E-state index is 2.44. The molecular weight excluding hydrogens is 340 g/mol. The SMILES string of the molecule is CC1CCC(C2CCC(c3ccc(-c4ccc(C[SiH3])cc4)cc3)CC2)CC1. The summed E-state index contributed by atoms with van der Waals surface area (Å²) in [6.45, 7) is 2.44. The Kier molecular flexibility index (Phi) is 6.17. The Morgan fingerprint density at radius 2 is 1.15 bits per heavy atom. The van der Waals surface area contributed by atoms with Crippen LogP contribution < -0.4 is 0 Å². The van der Waals surface area contributed by atoms with Crippen molar-refractivity contribution in [3.8, 4) is 11.1 Å². The molecule has 0 aliphatic heterocycles. The minimum absolute atomic E-state index is 0.797. The monoisotopic (exact) mass is 376 g/mol. The zero-order chi connectivity index (χ0) is 18.6. The molecule has 0 nitrogen and oxygen atoms in total. The molecule has 0 amide bonds. The van der Waals surface area contributed by atoms with E-state index in [2.05, 4.69) is 55.5 Å². The van der Waals surface area contributed by atoms with Gasteiger partial charge in [0.15, 0.2) is 0 Å². The van der Waals surface area contributed by atoms with Gasteiger partial charge in [0.05, 0.1) is 0 Å². The van der Waals surface area contributed by atoms with Crippen molar-refractivity contribution in [1.29, 1.82) is 0 Å². The van der Waals surface area contributed by atoms with E-state index < -0.39 is 0 Å². The molecule has 144 valence electrons. The first-order valence-electron chi connectivity index (χ1n) is 11.4. The third-order valence-electron chi connectivity index (χ3n) is 7.58. The summed E-state index contributed by atoms with van der Waals surface area (Å²) in [6, 6.07) is 19.9. The smallest absolute Gasteiger partial charge is 0.00833 e. The van der Waals surface area contributed by atoms with Crippen molar-refractivity contribution in [2.24, 2.45) is 17.8 Å². The molecule has 27 heavy (non-hydrogen) atoms. The second kappa shape index (κ2) is 8.77. The van der Waals surface area contributed by atoms with E-state index >= 15 is 0 Å². The summed E-state index contributed by atoms with van der Waals surface area (Å²) in [5.41, 5.74) is 5.77. The lowest BCUT2D eigenvalue weighted by atomic mass is 9.68. The van der Waals surface area contributed by atoms with Crippen LogP contribution in [0.1, 0.15) is 75.3 Å². The summed E-state index contributed by atoms with van der Waals surface area (Å²) in [5.74, 6) is 3.84. The van der Waals surface area contributed by atoms with Gasteiger partial charge in [-0.05, 0) is 84.9 Å². The molecule has 2 aromatic rings. The van der Waals surface area contributed by atoms with Crippen molar-refractivity contribution in [2.45, 2.75) is 70.3 Å². The van der Waals surface area contributed by atoms with Gasteiger partial charge in [0.25, 0.3) is 0 Å². The number of benzene rings is 2. The minimum Gasteiger partial charge on any atom is -0.0625 e. The van der Waals surface area contributed by atoms with Gasteiger partial charge in [-0.1, -0.05) is 73.9 Å². The predicted octanol–water partition coefficient (Wildman–Crippen LogP) is 6.32. The van der Waals surface area contributed by atoms with Gasteiger partial charge in [0.2, 0.25) is 0 Å². The van der Waals surface area contributed by atoms with Gasteiger partial charge in [-0.2, -0.15) is 0 Å². The average Bonchev–Trinajstić information content (AvgIpc) is 2.75. The molecule has 0 aromatic heterocycles. The van der Waals surface area contributed by atoms with Crippen LogP contribution in [0.4, 0.5) is 0 Å². The van der Waals surface area contributed by atoms with E-state index in [9.17, 15) is 0 Å². The first kappa shape index (κ1) is 19.0. The maximum Gasteiger partial charge on any atom is 0.00833 e. The van der Waals surface area contributed by atoms with Crippen molar-refractivity contribution in [3.05, 3.63) is 59.7 Å². The van der Waals surface area contributed by atoms with E-state index in [-0.39, 0.29) is 0 Å². The highest BCUT2D eigenvalue weighted by Gasteiger charge is 2.30. The van der Waals surface area contributed by atoms with E-state index in [0.29, 0.717) is 0 Å². The molecule has 0 N–H and O–H groups in total. The molecule has 2 saturated carbocycles. The molecule has 2 aliphatic rings. The molecule has 0 radical (unpaired) electrons. The van der Waals surface area contributed by atoms with Gasteiger partial charge in [-0.3, -0.25) is 0 Å². The van der Waals surface area contributed by atoms with Crippen LogP contribution in [0, 0.1) is 17.8 Å². The summed E-state index contributed by atoms with van der Waals surface area (Å²) in [5, 5.41) is 0. The maximum atomic E-state index is 2.44. The zero-order valence-electron chi connectivity index (χ0n) is 17.3. The second-order valence-electron chi connectivity index (χ2n) is 9.30. The van der Waals surface area contributed by atoms with Gasteiger partial charge in [0, 0.05) is 10.2 Å². The first-order valence-corrected chi connectivity index (χ1v) is 12.8. The van der Waals surface area contributed by atoms with Crippen LogP contribution in [0.5, 0.6) is 0 Å². The van der Waals surface area contributed by atoms with Crippen LogP contribution in [-0.4, -0.2) is 10.2 Å². The van der Waals surface area contributed by atoms with E-state index in [4.69, 9.17) is 0 Å². The van der Waals surface area contributed by atoms with Crippen LogP contribution in [0.2, 0.25) is 0 Å². The third kappa shape index (κ3) is 4.56. The van der Waals surface area contributed by atoms with Gasteiger partial charge in [-0.15, -0.1) is 0 Å². The molecule has 2 aromatic carbocycles. The van der Waals surface area contributed by atoms with Crippen LogP contribution in [0.25, 0.3) is 11.1 Å². The summed E-state index contributed by atoms with van der Waals surface area (Å²) >= 11 is 0. The van der Waals surface area contributed by atoms with Gasteiger partial charge in [0.1, 0.15) is 0 Å². The molecular formula is C26H36Si. The Morgan fingerprint density at radius 3 is 1.67 bits per heavy atom. The lowest BCUT2D eigenvalue weighted by Gasteiger charge is -2.37. The third-order valence-corrected chi connectivity index (χ3v) is 8.39. The average molecular weight is 377 g/mol. The topological polar surface area (TPSA) is 0 Å². The van der Waals surface area contributed by atoms with Crippen molar-refractivity contribution < 1.29 is 0 Å². The molecule has 2 aliphatic carbocycles. The van der Waals surface area contributed by atoms with Gasteiger partial charge in [-0.25, -0.2) is 0 Å². The first-order chi connectivity index (χ1) is 13.2. The van der Waals surface area contributed by atoms with Gasteiger partial charge < -0.3 is 0 Å². The summed E-state index contributed by atoms with van der Waals surface area (Å²) < 4.78 is 0. The van der Waals surface area contributed by atoms with Gasteiger partial charge >= 0.3 is 0 Å². The number of hydrogen-bond acceptors (Lipinski definition) is 0. The molecule has 1 heteroatoms. The quantitative estimate of drug-likeness (QED) is 0.548. The molecule has 0 spiro atoms. The molecule has 0 heterocycles. The van der Waals surface area contributed by atoms with E-state index in [1.165, 1.54) is 84.3 Å². The number of hydrogen-bond donors (Lipinski definition) is 0. The zero-order valence-corrected chi connectivity index (χ0v) is 19.3. The molecule has 0 unspecified atom stereocenters. The highest BCUT2D eigenvalue weighted by atomic mass is 28.1.